The van der Waals surface area contributed by atoms with Crippen molar-refractivity contribution in [3.8, 4) is 5.75 Å². The van der Waals surface area contributed by atoms with E-state index in [2.05, 4.69) is 26.1 Å². The van der Waals surface area contributed by atoms with Crippen LogP contribution >= 0.6 is 12.2 Å². The normalized spacial score (nSPS) is 11.1. The Morgan fingerprint density at radius 2 is 2.12 bits per heavy atom. The average molecular weight is 252 g/mol. The molecule has 0 aliphatic rings. The molecule has 3 nitrogen and oxygen atoms in total. The molecule has 0 aromatic heterocycles. The number of nitrogens with two attached hydrogens (primary N) is 1. The lowest BCUT2D eigenvalue weighted by molar-refractivity contribution is 0.414. The van der Waals surface area contributed by atoms with Gasteiger partial charge >= 0.3 is 0 Å². The monoisotopic (exact) mass is 252 g/mol. The molecule has 0 atom stereocenters. The summed E-state index contributed by atoms with van der Waals surface area (Å²) >= 11 is 5.05. The molecule has 17 heavy (non-hydrogen) atoms. The fourth-order valence-corrected chi connectivity index (χ4v) is 1.60. The van der Waals surface area contributed by atoms with Gasteiger partial charge in [-0.25, -0.2) is 0 Å². The minimum Gasteiger partial charge on any atom is -0.497 e. The van der Waals surface area contributed by atoms with Gasteiger partial charge in [0.15, 0.2) is 0 Å². The standard InChI is InChI=1S/C13H20N2OS/c1-5-13(2,3)15-11-8-9(16-4)6-7-10(11)12(14)17/h6-8,15H,5H2,1-4H3,(H2,14,17). The van der Waals surface area contributed by atoms with Crippen molar-refractivity contribution in [3.05, 3.63) is 23.8 Å². The summed E-state index contributed by atoms with van der Waals surface area (Å²) in [6, 6.07) is 5.67. The SMILES string of the molecule is CCC(C)(C)Nc1cc(OC)ccc1C(N)=S. The molecule has 0 unspecified atom stereocenters. The fourth-order valence-electron chi connectivity index (χ4n) is 1.42. The van der Waals surface area contributed by atoms with E-state index in [9.17, 15) is 0 Å². The van der Waals surface area contributed by atoms with Crippen LogP contribution in [-0.2, 0) is 0 Å². The van der Waals surface area contributed by atoms with Gasteiger partial charge in [0, 0.05) is 22.9 Å². The Hall–Kier alpha value is -1.29. The molecule has 0 heterocycles. The van der Waals surface area contributed by atoms with Crippen LogP contribution in [0, 0.1) is 0 Å². The van der Waals surface area contributed by atoms with Crippen molar-refractivity contribution in [3.63, 3.8) is 0 Å². The van der Waals surface area contributed by atoms with E-state index in [1.165, 1.54) is 0 Å². The maximum absolute atomic E-state index is 5.72. The predicted molar refractivity (Wildman–Crippen MR) is 76.9 cm³/mol. The van der Waals surface area contributed by atoms with Gasteiger partial charge in [0.2, 0.25) is 0 Å². The van der Waals surface area contributed by atoms with Crippen molar-refractivity contribution in [2.75, 3.05) is 12.4 Å². The van der Waals surface area contributed by atoms with E-state index >= 15 is 0 Å². The second-order valence-electron chi connectivity index (χ2n) is 4.64. The van der Waals surface area contributed by atoms with E-state index in [0.717, 1.165) is 23.4 Å². The molecule has 94 valence electrons. The second-order valence-corrected chi connectivity index (χ2v) is 5.08. The molecule has 0 saturated heterocycles. The number of methoxy groups -OCH3 is 1. The lowest BCUT2D eigenvalue weighted by Gasteiger charge is -2.27. The topological polar surface area (TPSA) is 47.3 Å². The molecule has 0 radical (unpaired) electrons. The quantitative estimate of drug-likeness (QED) is 0.791. The summed E-state index contributed by atoms with van der Waals surface area (Å²) < 4.78 is 5.21. The molecule has 0 spiro atoms. The lowest BCUT2D eigenvalue weighted by atomic mass is 10.0. The van der Waals surface area contributed by atoms with Gasteiger partial charge in [0.1, 0.15) is 10.7 Å². The number of nitrogens with one attached hydrogen (secondary N) is 1. The number of hydrogen-bond donors (Lipinski definition) is 2. The van der Waals surface area contributed by atoms with E-state index in [4.69, 9.17) is 22.7 Å². The highest BCUT2D eigenvalue weighted by atomic mass is 32.1. The van der Waals surface area contributed by atoms with Crippen LogP contribution in [0.1, 0.15) is 32.8 Å². The van der Waals surface area contributed by atoms with Gasteiger partial charge in [-0.3, -0.25) is 0 Å². The zero-order valence-electron chi connectivity index (χ0n) is 10.8. The first-order valence-electron chi connectivity index (χ1n) is 5.65. The molecule has 0 fully saturated rings. The Kier molecular flexibility index (Phi) is 4.34. The van der Waals surface area contributed by atoms with E-state index in [1.54, 1.807) is 7.11 Å². The van der Waals surface area contributed by atoms with E-state index in [0.29, 0.717) is 4.99 Å². The van der Waals surface area contributed by atoms with Gasteiger partial charge in [0.25, 0.3) is 0 Å². The predicted octanol–water partition coefficient (Wildman–Crippen LogP) is 2.93. The van der Waals surface area contributed by atoms with Crippen molar-refractivity contribution in [2.45, 2.75) is 32.7 Å². The van der Waals surface area contributed by atoms with Crippen LogP contribution in [0.3, 0.4) is 0 Å². The van der Waals surface area contributed by atoms with Crippen molar-refractivity contribution >= 4 is 22.9 Å². The van der Waals surface area contributed by atoms with Crippen LogP contribution in [0.15, 0.2) is 18.2 Å². The summed E-state index contributed by atoms with van der Waals surface area (Å²) in [5, 5.41) is 3.45. The van der Waals surface area contributed by atoms with Gasteiger partial charge in [-0.05, 0) is 32.4 Å². The first-order chi connectivity index (χ1) is 7.89. The molecule has 0 aliphatic heterocycles. The number of benzene rings is 1. The number of ether oxygens (including phenoxy) is 1. The average Bonchev–Trinajstić information content (AvgIpc) is 2.28. The lowest BCUT2D eigenvalue weighted by Crippen LogP contribution is -2.31. The fraction of sp³-hybridized carbons (Fsp3) is 0.462. The van der Waals surface area contributed by atoms with Crippen molar-refractivity contribution < 1.29 is 4.74 Å². The first-order valence-corrected chi connectivity index (χ1v) is 6.06. The minimum absolute atomic E-state index is 0.00804. The summed E-state index contributed by atoms with van der Waals surface area (Å²) in [5.74, 6) is 0.791. The molecule has 0 saturated carbocycles. The summed E-state index contributed by atoms with van der Waals surface area (Å²) in [4.78, 5) is 0.391. The largest absolute Gasteiger partial charge is 0.497 e. The van der Waals surface area contributed by atoms with Crippen LogP contribution in [-0.4, -0.2) is 17.6 Å². The molecule has 1 rings (SSSR count). The molecule has 4 heteroatoms. The molecule has 0 bridgehead atoms. The van der Waals surface area contributed by atoms with Crippen molar-refractivity contribution in [2.24, 2.45) is 5.73 Å². The van der Waals surface area contributed by atoms with Crippen LogP contribution in [0.25, 0.3) is 0 Å². The molecule has 1 aromatic rings. The third-order valence-electron chi connectivity index (χ3n) is 2.85. The smallest absolute Gasteiger partial charge is 0.120 e. The third kappa shape index (κ3) is 3.60. The van der Waals surface area contributed by atoms with Crippen molar-refractivity contribution in [1.82, 2.24) is 0 Å². The number of anilines is 1. The molecule has 0 aliphatic carbocycles. The zero-order chi connectivity index (χ0) is 13.1. The highest BCUT2D eigenvalue weighted by Gasteiger charge is 2.17. The number of rotatable bonds is 5. The summed E-state index contributed by atoms with van der Waals surface area (Å²) in [7, 11) is 1.64. The van der Waals surface area contributed by atoms with E-state index in [1.807, 2.05) is 18.2 Å². The maximum Gasteiger partial charge on any atom is 0.120 e. The molecule has 3 N–H and O–H groups in total. The minimum atomic E-state index is -0.00804. The zero-order valence-corrected chi connectivity index (χ0v) is 11.6. The highest BCUT2D eigenvalue weighted by Crippen LogP contribution is 2.26. The molecule has 1 aromatic carbocycles. The second kappa shape index (κ2) is 5.36. The van der Waals surface area contributed by atoms with Crippen LogP contribution in [0.2, 0.25) is 0 Å². The van der Waals surface area contributed by atoms with Crippen LogP contribution < -0.4 is 15.8 Å². The van der Waals surface area contributed by atoms with Gasteiger partial charge in [-0.15, -0.1) is 0 Å². The first kappa shape index (κ1) is 13.8. The Bertz CT molecular complexity index is 416. The van der Waals surface area contributed by atoms with E-state index in [-0.39, 0.29) is 5.54 Å². The summed E-state index contributed by atoms with van der Waals surface area (Å²) in [6.07, 6.45) is 1.00. The Morgan fingerprint density at radius 3 is 2.59 bits per heavy atom. The highest BCUT2D eigenvalue weighted by molar-refractivity contribution is 7.80. The number of hydrogen-bond acceptors (Lipinski definition) is 3. The van der Waals surface area contributed by atoms with Gasteiger partial charge in [-0.2, -0.15) is 0 Å². The van der Waals surface area contributed by atoms with Gasteiger partial charge in [0.05, 0.1) is 7.11 Å². The third-order valence-corrected chi connectivity index (χ3v) is 3.07. The van der Waals surface area contributed by atoms with Crippen molar-refractivity contribution in [1.29, 1.82) is 0 Å². The van der Waals surface area contributed by atoms with Crippen LogP contribution in [0.5, 0.6) is 5.75 Å². The maximum atomic E-state index is 5.72. The summed E-state index contributed by atoms with van der Waals surface area (Å²) in [5.41, 5.74) is 7.48. The number of thiocarbonyl (C=S) groups is 1. The van der Waals surface area contributed by atoms with E-state index < -0.39 is 0 Å². The van der Waals surface area contributed by atoms with Gasteiger partial charge in [-0.1, -0.05) is 19.1 Å². The Labute approximate surface area is 108 Å². The van der Waals surface area contributed by atoms with Gasteiger partial charge < -0.3 is 15.8 Å². The molecular weight excluding hydrogens is 232 g/mol. The Morgan fingerprint density at radius 1 is 1.47 bits per heavy atom. The van der Waals surface area contributed by atoms with Crippen LogP contribution in [0.4, 0.5) is 5.69 Å². The molecular formula is C13H20N2OS. The summed E-state index contributed by atoms with van der Waals surface area (Å²) in [6.45, 7) is 6.40. The molecule has 0 amide bonds. The Balaban J connectivity index is 3.13.